The molecule has 0 radical (unpaired) electrons. The van der Waals surface area contributed by atoms with Crippen LogP contribution in [0.25, 0.3) is 6.08 Å². The molecule has 2 rings (SSSR count). The molecule has 0 spiro atoms. The summed E-state index contributed by atoms with van der Waals surface area (Å²) in [5.41, 5.74) is 0.349. The zero-order valence-corrected chi connectivity index (χ0v) is 9.07. The van der Waals surface area contributed by atoms with Gasteiger partial charge < -0.3 is 14.6 Å². The molecule has 1 heterocycles. The first-order chi connectivity index (χ1) is 7.03. The van der Waals surface area contributed by atoms with Crippen LogP contribution in [0, 0.1) is 0 Å². The molecule has 0 saturated carbocycles. The number of methoxy groups -OCH3 is 1. The highest BCUT2D eigenvalue weighted by molar-refractivity contribution is 5.70. The van der Waals surface area contributed by atoms with Gasteiger partial charge in [-0.15, -0.1) is 0 Å². The molecule has 0 atom stereocenters. The van der Waals surface area contributed by atoms with E-state index < -0.39 is 0 Å². The molecule has 1 N–H and O–H groups in total. The molecule has 0 aromatic heterocycles. The Hall–Kier alpha value is -1.64. The average molecular weight is 206 g/mol. The molecule has 0 fully saturated rings. The number of phenols is 1. The van der Waals surface area contributed by atoms with Gasteiger partial charge in [0.1, 0.15) is 11.4 Å². The quantitative estimate of drug-likeness (QED) is 0.767. The number of fused-ring (bicyclic) bond motifs is 1. The van der Waals surface area contributed by atoms with E-state index in [2.05, 4.69) is 0 Å². The summed E-state index contributed by atoms with van der Waals surface area (Å²) in [7, 11) is 1.53. The molecule has 3 nitrogen and oxygen atoms in total. The van der Waals surface area contributed by atoms with Gasteiger partial charge in [-0.2, -0.15) is 0 Å². The number of aromatic hydroxyl groups is 1. The van der Waals surface area contributed by atoms with E-state index in [1.165, 1.54) is 7.11 Å². The van der Waals surface area contributed by atoms with Crippen molar-refractivity contribution in [1.82, 2.24) is 0 Å². The summed E-state index contributed by atoms with van der Waals surface area (Å²) in [5.74, 6) is 1.27. The van der Waals surface area contributed by atoms with E-state index in [-0.39, 0.29) is 11.4 Å². The van der Waals surface area contributed by atoms with Crippen LogP contribution < -0.4 is 9.47 Å². The molecule has 80 valence electrons. The van der Waals surface area contributed by atoms with Crippen LogP contribution in [0.15, 0.2) is 18.2 Å². The van der Waals surface area contributed by atoms with E-state index in [1.54, 1.807) is 12.1 Å². The summed E-state index contributed by atoms with van der Waals surface area (Å²) in [4.78, 5) is 0. The first-order valence-corrected chi connectivity index (χ1v) is 4.82. The molecule has 1 aromatic carbocycles. The Labute approximate surface area is 88.9 Å². The molecule has 1 aromatic rings. The van der Waals surface area contributed by atoms with E-state index in [9.17, 15) is 5.11 Å². The number of benzene rings is 1. The fraction of sp³-hybridized carbons (Fsp3) is 0.333. The van der Waals surface area contributed by atoms with Gasteiger partial charge in [0.15, 0.2) is 11.5 Å². The Bertz CT molecular complexity index is 419. The van der Waals surface area contributed by atoms with Crippen molar-refractivity contribution in [3.63, 3.8) is 0 Å². The second-order valence-electron chi connectivity index (χ2n) is 4.07. The number of hydrogen-bond donors (Lipinski definition) is 1. The highest BCUT2D eigenvalue weighted by Crippen LogP contribution is 2.41. The van der Waals surface area contributed by atoms with Crippen molar-refractivity contribution in [2.45, 2.75) is 19.4 Å². The molecule has 1 aliphatic rings. The van der Waals surface area contributed by atoms with E-state index in [4.69, 9.17) is 9.47 Å². The maximum absolute atomic E-state index is 9.85. The fourth-order valence-corrected chi connectivity index (χ4v) is 1.59. The van der Waals surface area contributed by atoms with Gasteiger partial charge in [-0.05, 0) is 38.1 Å². The third-order valence-corrected chi connectivity index (χ3v) is 2.38. The van der Waals surface area contributed by atoms with Gasteiger partial charge in [-0.1, -0.05) is 0 Å². The summed E-state index contributed by atoms with van der Waals surface area (Å²) in [5, 5.41) is 9.85. The first kappa shape index (κ1) is 9.90. The second kappa shape index (κ2) is 3.19. The predicted molar refractivity (Wildman–Crippen MR) is 58.4 cm³/mol. The van der Waals surface area contributed by atoms with Crippen molar-refractivity contribution in [1.29, 1.82) is 0 Å². The van der Waals surface area contributed by atoms with Crippen LogP contribution >= 0.6 is 0 Å². The highest BCUT2D eigenvalue weighted by atomic mass is 16.5. The third kappa shape index (κ3) is 1.65. The average Bonchev–Trinajstić information content (AvgIpc) is 2.16. The molecular weight excluding hydrogens is 192 g/mol. The normalized spacial score (nSPS) is 16.7. The van der Waals surface area contributed by atoms with Crippen LogP contribution in [0.2, 0.25) is 0 Å². The molecule has 0 aliphatic carbocycles. The molecule has 0 bridgehead atoms. The van der Waals surface area contributed by atoms with E-state index >= 15 is 0 Å². The van der Waals surface area contributed by atoms with Crippen molar-refractivity contribution in [2.75, 3.05) is 7.11 Å². The monoisotopic (exact) mass is 206 g/mol. The first-order valence-electron chi connectivity index (χ1n) is 4.82. The summed E-state index contributed by atoms with van der Waals surface area (Å²) in [6.07, 6.45) is 3.77. The summed E-state index contributed by atoms with van der Waals surface area (Å²) in [6, 6.07) is 3.50. The molecule has 0 saturated heterocycles. The van der Waals surface area contributed by atoms with Gasteiger partial charge in [0.2, 0.25) is 0 Å². The van der Waals surface area contributed by atoms with Crippen molar-refractivity contribution in [3.05, 3.63) is 23.8 Å². The largest absolute Gasteiger partial charge is 0.504 e. The van der Waals surface area contributed by atoms with Gasteiger partial charge in [0, 0.05) is 0 Å². The number of phenolic OH excluding ortho intramolecular Hbond substituents is 1. The zero-order valence-electron chi connectivity index (χ0n) is 9.07. The molecule has 15 heavy (non-hydrogen) atoms. The SMILES string of the molecule is COc1ccc2c(c1O)C=CC(C)(C)O2. The number of rotatable bonds is 1. The van der Waals surface area contributed by atoms with Crippen molar-refractivity contribution < 1.29 is 14.6 Å². The van der Waals surface area contributed by atoms with Crippen molar-refractivity contribution >= 4 is 6.08 Å². The number of hydrogen-bond acceptors (Lipinski definition) is 3. The molecule has 0 unspecified atom stereocenters. The van der Waals surface area contributed by atoms with E-state index in [0.29, 0.717) is 17.1 Å². The molecule has 0 amide bonds. The van der Waals surface area contributed by atoms with Gasteiger partial charge in [-0.25, -0.2) is 0 Å². The Morgan fingerprint density at radius 1 is 1.33 bits per heavy atom. The minimum atomic E-state index is -0.325. The highest BCUT2D eigenvalue weighted by Gasteiger charge is 2.24. The van der Waals surface area contributed by atoms with E-state index in [1.807, 2.05) is 26.0 Å². The van der Waals surface area contributed by atoms with Crippen LogP contribution in [-0.4, -0.2) is 17.8 Å². The van der Waals surface area contributed by atoms with Gasteiger partial charge in [0.25, 0.3) is 0 Å². The van der Waals surface area contributed by atoms with Gasteiger partial charge >= 0.3 is 0 Å². The molecule has 3 heteroatoms. The van der Waals surface area contributed by atoms with Gasteiger partial charge in [0.05, 0.1) is 12.7 Å². The fourth-order valence-electron chi connectivity index (χ4n) is 1.59. The maximum atomic E-state index is 9.85. The second-order valence-corrected chi connectivity index (χ2v) is 4.07. The lowest BCUT2D eigenvalue weighted by Crippen LogP contribution is -2.27. The third-order valence-electron chi connectivity index (χ3n) is 2.38. The minimum Gasteiger partial charge on any atom is -0.504 e. The summed E-state index contributed by atoms with van der Waals surface area (Å²) < 4.78 is 10.7. The molecule has 1 aliphatic heterocycles. The zero-order chi connectivity index (χ0) is 11.1. The Kier molecular flexibility index (Phi) is 2.11. The topological polar surface area (TPSA) is 38.7 Å². The minimum absolute atomic E-state index is 0.127. The number of ether oxygens (including phenoxy) is 2. The smallest absolute Gasteiger partial charge is 0.168 e. The van der Waals surface area contributed by atoms with Crippen LogP contribution in [0.3, 0.4) is 0 Å². The van der Waals surface area contributed by atoms with Crippen LogP contribution in [0.4, 0.5) is 0 Å². The summed E-state index contributed by atoms with van der Waals surface area (Å²) in [6.45, 7) is 3.93. The van der Waals surface area contributed by atoms with Gasteiger partial charge in [-0.3, -0.25) is 0 Å². The van der Waals surface area contributed by atoms with Crippen molar-refractivity contribution in [3.8, 4) is 17.2 Å². The standard InChI is InChI=1S/C12H14O3/c1-12(2)7-6-8-9(15-12)4-5-10(14-3)11(8)13/h4-7,13H,1-3H3. The van der Waals surface area contributed by atoms with Crippen LogP contribution in [0.5, 0.6) is 17.2 Å². The maximum Gasteiger partial charge on any atom is 0.168 e. The van der Waals surface area contributed by atoms with Crippen LogP contribution in [0.1, 0.15) is 19.4 Å². The van der Waals surface area contributed by atoms with Crippen LogP contribution in [-0.2, 0) is 0 Å². The van der Waals surface area contributed by atoms with E-state index in [0.717, 1.165) is 0 Å². The van der Waals surface area contributed by atoms with Crippen molar-refractivity contribution in [2.24, 2.45) is 0 Å². The summed E-state index contributed by atoms with van der Waals surface area (Å²) >= 11 is 0. The lowest BCUT2D eigenvalue weighted by Gasteiger charge is -2.28. The lowest BCUT2D eigenvalue weighted by molar-refractivity contribution is 0.158. The Morgan fingerprint density at radius 3 is 2.73 bits per heavy atom. The Balaban J connectivity index is 2.52. The molecular formula is C12H14O3. The lowest BCUT2D eigenvalue weighted by atomic mass is 10.0. The Morgan fingerprint density at radius 2 is 2.07 bits per heavy atom. The predicted octanol–water partition coefficient (Wildman–Crippen LogP) is 2.58.